The Morgan fingerprint density at radius 3 is 1.81 bits per heavy atom. The van der Waals surface area contributed by atoms with Crippen LogP contribution in [0.5, 0.6) is 0 Å². The van der Waals surface area contributed by atoms with E-state index in [-0.39, 0.29) is 31.4 Å². The minimum Gasteiger partial charge on any atom is -0.481 e. The van der Waals surface area contributed by atoms with E-state index in [4.69, 9.17) is 29.4 Å². The van der Waals surface area contributed by atoms with E-state index in [1.165, 1.54) is 44.9 Å². The number of thioether (sulfide) groups is 1. The zero-order chi connectivity index (χ0) is 54.5. The Hall–Kier alpha value is -2.56. The van der Waals surface area contributed by atoms with Crippen LogP contribution in [-0.4, -0.2) is 142 Å². The number of phosphoric acid groups is 2. The third kappa shape index (κ3) is 34.0. The summed E-state index contributed by atoms with van der Waals surface area (Å²) in [6.45, 7) is 2.53. The van der Waals surface area contributed by atoms with E-state index < -0.39 is 107 Å². The highest BCUT2D eigenvalue weighted by Gasteiger charge is 2.54. The van der Waals surface area contributed by atoms with Crippen LogP contribution in [-0.2, 0) is 46.6 Å². The summed E-state index contributed by atoms with van der Waals surface area (Å²) >= 11 is 1.11. The molecule has 1 saturated carbocycles. The number of nitrogens with two attached hydrogens (primary N) is 1. The van der Waals surface area contributed by atoms with Crippen molar-refractivity contribution in [2.75, 3.05) is 19.0 Å². The maximum absolute atomic E-state index is 13.2. The summed E-state index contributed by atoms with van der Waals surface area (Å²) < 4.78 is 50.0. The molecule has 0 aromatic carbocycles. The molecule has 0 amide bonds. The number of ether oxygens (including phenoxy) is 2. The van der Waals surface area contributed by atoms with Crippen molar-refractivity contribution < 1.29 is 91.9 Å². The zero-order valence-corrected chi connectivity index (χ0v) is 45.3. The van der Waals surface area contributed by atoms with Gasteiger partial charge in [0, 0.05) is 23.8 Å². The van der Waals surface area contributed by atoms with Crippen molar-refractivity contribution in [1.82, 2.24) is 0 Å². The minimum atomic E-state index is -5.51. The van der Waals surface area contributed by atoms with Crippen molar-refractivity contribution >= 4 is 45.3 Å². The number of phosphoric ester groups is 2. The van der Waals surface area contributed by atoms with Crippen molar-refractivity contribution in [1.29, 1.82) is 0 Å². The smallest absolute Gasteiger partial charge is 0.472 e. The molecular formula is C50H87NO19P2S. The second kappa shape index (κ2) is 40.7. The second-order valence-corrected chi connectivity index (χ2v) is 21.9. The van der Waals surface area contributed by atoms with Gasteiger partial charge in [0.05, 0.1) is 12.7 Å². The first-order chi connectivity index (χ1) is 34.7. The fourth-order valence-corrected chi connectivity index (χ4v) is 10.1. The number of aliphatic carboxylic acids is 1. The predicted octanol–water partition coefficient (Wildman–Crippen LogP) is 7.16. The molecule has 1 aliphatic rings. The molecule has 0 saturated heterocycles. The first-order valence-electron chi connectivity index (χ1n) is 25.8. The van der Waals surface area contributed by atoms with E-state index >= 15 is 0 Å². The lowest BCUT2D eigenvalue weighted by Crippen LogP contribution is -2.64. The highest BCUT2D eigenvalue weighted by atomic mass is 32.2. The van der Waals surface area contributed by atoms with Gasteiger partial charge in [0.1, 0.15) is 49.3 Å². The molecule has 0 aliphatic heterocycles. The van der Waals surface area contributed by atoms with Gasteiger partial charge in [-0.3, -0.25) is 28.0 Å². The lowest BCUT2D eigenvalue weighted by atomic mass is 9.85. The molecule has 1 unspecified atom stereocenters. The third-order valence-corrected chi connectivity index (χ3v) is 14.5. The van der Waals surface area contributed by atoms with Gasteiger partial charge in [-0.2, -0.15) is 0 Å². The maximum Gasteiger partial charge on any atom is 0.472 e. The molecule has 11 N–H and O–H groups in total. The summed E-state index contributed by atoms with van der Waals surface area (Å²) in [6.07, 6.45) is 22.0. The molecule has 0 aromatic heterocycles. The van der Waals surface area contributed by atoms with Crippen LogP contribution in [0.25, 0.3) is 0 Å². The van der Waals surface area contributed by atoms with E-state index in [1.54, 1.807) is 18.2 Å². The number of carbonyl (C=O) groups is 3. The van der Waals surface area contributed by atoms with Crippen LogP contribution in [0.3, 0.4) is 0 Å². The predicted molar refractivity (Wildman–Crippen MR) is 279 cm³/mol. The van der Waals surface area contributed by atoms with Crippen molar-refractivity contribution in [2.24, 2.45) is 5.73 Å². The van der Waals surface area contributed by atoms with Crippen molar-refractivity contribution in [3.63, 3.8) is 0 Å². The monoisotopic (exact) mass is 1100 g/mol. The van der Waals surface area contributed by atoms with Crippen LogP contribution >= 0.6 is 27.4 Å². The number of carbonyl (C=O) groups excluding carboxylic acids is 2. The number of unbranched alkanes of at least 4 members (excludes halogenated alkanes) is 14. The van der Waals surface area contributed by atoms with Gasteiger partial charge in [0.2, 0.25) is 0 Å². The van der Waals surface area contributed by atoms with Gasteiger partial charge < -0.3 is 60.5 Å². The van der Waals surface area contributed by atoms with Crippen molar-refractivity contribution in [3.05, 3.63) is 60.8 Å². The number of hydrogen-bond donors (Lipinski definition) is 10. The Morgan fingerprint density at radius 2 is 1.22 bits per heavy atom. The number of hydrogen-bond acceptors (Lipinski definition) is 17. The first kappa shape index (κ1) is 68.5. The molecule has 73 heavy (non-hydrogen) atoms. The molecule has 0 aromatic rings. The van der Waals surface area contributed by atoms with E-state index in [0.29, 0.717) is 12.8 Å². The van der Waals surface area contributed by atoms with Crippen LogP contribution in [0.1, 0.15) is 155 Å². The summed E-state index contributed by atoms with van der Waals surface area (Å²) in [6, 6.07) is -1.31. The molecule has 1 aliphatic carbocycles. The topological polar surface area (TPSA) is 340 Å². The highest BCUT2D eigenvalue weighted by molar-refractivity contribution is 8.00. The highest BCUT2D eigenvalue weighted by Crippen LogP contribution is 2.50. The SMILES string of the molecule is CC/C=C\CCCCCCCCCCCCCC(=O)O[C@H](COC(=O)[C@@H](N)CS[C@H](/C=C/C=C/C=C\C/C=C\CCCCC)[C@@H](O)CCCC(=O)O)COP(=O)(O)O[C@H]1[C@H](O)[C@@H](O)[C@H](O)[C@@H](O)[C@H]1OP(=O)(O)O. The Labute approximate surface area is 436 Å². The third-order valence-electron chi connectivity index (χ3n) is 11.6. The fourth-order valence-electron chi connectivity index (χ4n) is 7.46. The van der Waals surface area contributed by atoms with Crippen LogP contribution in [0, 0.1) is 0 Å². The molecule has 0 spiro atoms. The number of rotatable bonds is 43. The Balaban J connectivity index is 2.99. The van der Waals surface area contributed by atoms with Crippen LogP contribution < -0.4 is 5.73 Å². The van der Waals surface area contributed by atoms with E-state index in [9.17, 15) is 63.7 Å². The molecule has 1 rings (SSSR count). The molecule has 422 valence electrons. The average molecular weight is 1100 g/mol. The largest absolute Gasteiger partial charge is 0.481 e. The molecule has 1 fully saturated rings. The molecule has 20 nitrogen and oxygen atoms in total. The molecule has 11 atom stereocenters. The number of esters is 2. The summed E-state index contributed by atoms with van der Waals surface area (Å²) in [4.78, 5) is 66.7. The van der Waals surface area contributed by atoms with Gasteiger partial charge in [-0.25, -0.2) is 9.13 Å². The number of aliphatic hydroxyl groups excluding tert-OH is 5. The number of allylic oxidation sites excluding steroid dienone is 9. The van der Waals surface area contributed by atoms with Crippen molar-refractivity contribution in [3.8, 4) is 0 Å². The molecular weight excluding hydrogens is 1010 g/mol. The normalized spacial score (nSPS) is 22.3. The number of carboxylic acid groups (broad SMARTS) is 1. The Bertz CT molecular complexity index is 1760. The van der Waals surface area contributed by atoms with Gasteiger partial charge in [0.15, 0.2) is 6.10 Å². The van der Waals surface area contributed by atoms with Gasteiger partial charge >= 0.3 is 33.6 Å². The number of aliphatic hydroxyl groups is 5. The lowest BCUT2D eigenvalue weighted by Gasteiger charge is -2.43. The standard InChI is InChI=1S/C50H87NO19P2S/c1-3-5-7-9-11-13-15-17-18-19-21-23-25-27-29-34-43(55)68-38(36-67-72(64,65)70-49-47(59)45(57)44(56)46(58)48(49)69-71(61,62)63)35-66-50(60)39(51)37-73-41(40(52)31-30-33-42(53)54)32-28-26-24-22-20-16-14-12-10-8-6-4-2/h5,7,12,14,20,22,24,26,28,32,38-41,44-49,52,56-59H,3-4,6,8-11,13,15-19,21,23,25,27,29-31,33-37,51H2,1-2H3,(H,53,54)(H,64,65)(H2,61,62,63)/b7-5-,14-12-,22-20-,26-24+,32-28+/t38-,39+,40+,41-,44+,45+,46-,47-,48-,49+/m1/s1. The number of carboxylic acids is 1. The molecule has 0 bridgehead atoms. The Kier molecular flexibility index (Phi) is 38.1. The summed E-state index contributed by atoms with van der Waals surface area (Å²) in [5.74, 6) is -2.87. The molecule has 0 heterocycles. The van der Waals surface area contributed by atoms with Crippen LogP contribution in [0.15, 0.2) is 60.8 Å². The quantitative estimate of drug-likeness (QED) is 0.00952. The lowest BCUT2D eigenvalue weighted by molar-refractivity contribution is -0.216. The summed E-state index contributed by atoms with van der Waals surface area (Å²) in [5.41, 5.74) is 6.18. The van der Waals surface area contributed by atoms with Crippen LogP contribution in [0.4, 0.5) is 0 Å². The summed E-state index contributed by atoms with van der Waals surface area (Å²) in [5, 5.41) is 60.6. The van der Waals surface area contributed by atoms with Gasteiger partial charge in [-0.15, -0.1) is 11.8 Å². The fraction of sp³-hybridized carbons (Fsp3) is 0.740. The van der Waals surface area contributed by atoms with E-state index in [1.807, 2.05) is 18.2 Å². The van der Waals surface area contributed by atoms with Crippen LogP contribution in [0.2, 0.25) is 0 Å². The molecule has 0 radical (unpaired) electrons. The maximum atomic E-state index is 13.2. The molecule has 23 heteroatoms. The van der Waals surface area contributed by atoms with Gasteiger partial charge in [-0.05, 0) is 57.8 Å². The second-order valence-electron chi connectivity index (χ2n) is 18.1. The first-order valence-corrected chi connectivity index (χ1v) is 29.8. The van der Waals surface area contributed by atoms with Crippen molar-refractivity contribution in [2.45, 2.75) is 215 Å². The Morgan fingerprint density at radius 1 is 0.658 bits per heavy atom. The zero-order valence-electron chi connectivity index (χ0n) is 42.7. The van der Waals surface area contributed by atoms with E-state index in [2.05, 4.69) is 42.7 Å². The van der Waals surface area contributed by atoms with Gasteiger partial charge in [0.25, 0.3) is 0 Å². The summed E-state index contributed by atoms with van der Waals surface area (Å²) in [7, 11) is -11.0. The van der Waals surface area contributed by atoms with Gasteiger partial charge in [-0.1, -0.05) is 145 Å². The van der Waals surface area contributed by atoms with E-state index in [0.717, 1.165) is 69.5 Å². The minimum absolute atomic E-state index is 0.0686. The average Bonchev–Trinajstić information content (AvgIpc) is 3.33.